The standard InChI is InChI=1S/C30H51NO4Si/c1-12-17-23(10)29(35-36(14-3,15-4)16-5)27(32)25-19-18-24(11)28(34-20-13-2)26(25)30(33)31(21(6)7)22(8)9/h12-13,18-19,21-23,27,29,32H,1-2,14-17,20H2,3-11H3/t23-,27+,29-/m1/s1. The number of rotatable bonds is 16. The predicted molar refractivity (Wildman–Crippen MR) is 154 cm³/mol. The average molecular weight is 518 g/mol. The first kappa shape index (κ1) is 32.1. The minimum atomic E-state index is -2.05. The zero-order valence-corrected chi connectivity index (χ0v) is 25.3. The fourth-order valence-corrected chi connectivity index (χ4v) is 7.98. The monoisotopic (exact) mass is 517 g/mol. The predicted octanol–water partition coefficient (Wildman–Crippen LogP) is 7.45. The number of benzene rings is 1. The van der Waals surface area contributed by atoms with Gasteiger partial charge in [-0.25, -0.2) is 0 Å². The van der Waals surface area contributed by atoms with E-state index < -0.39 is 20.5 Å². The number of carbonyl (C=O) groups excluding carboxylic acids is 1. The van der Waals surface area contributed by atoms with Crippen molar-refractivity contribution in [2.75, 3.05) is 6.61 Å². The molecule has 0 saturated heterocycles. The van der Waals surface area contributed by atoms with Gasteiger partial charge in [0.2, 0.25) is 0 Å². The summed E-state index contributed by atoms with van der Waals surface area (Å²) >= 11 is 0. The lowest BCUT2D eigenvalue weighted by molar-refractivity contribution is -0.00421. The fourth-order valence-electron chi connectivity index (χ4n) is 5.05. The Morgan fingerprint density at radius 1 is 1.03 bits per heavy atom. The first-order valence-corrected chi connectivity index (χ1v) is 16.1. The van der Waals surface area contributed by atoms with Crippen molar-refractivity contribution < 1.29 is 19.1 Å². The van der Waals surface area contributed by atoms with E-state index in [2.05, 4.69) is 40.9 Å². The molecule has 3 atom stereocenters. The van der Waals surface area contributed by atoms with Crippen LogP contribution in [0.5, 0.6) is 5.75 Å². The molecule has 0 spiro atoms. The number of hydrogen-bond acceptors (Lipinski definition) is 4. The Balaban J connectivity index is 3.84. The summed E-state index contributed by atoms with van der Waals surface area (Å²) in [6.07, 6.45) is 2.81. The maximum atomic E-state index is 14.1. The van der Waals surface area contributed by atoms with Gasteiger partial charge in [-0.2, -0.15) is 0 Å². The number of ether oxygens (including phenoxy) is 1. The Hall–Kier alpha value is -1.89. The van der Waals surface area contributed by atoms with E-state index in [9.17, 15) is 9.90 Å². The molecule has 0 heterocycles. The van der Waals surface area contributed by atoms with Crippen LogP contribution in [0.4, 0.5) is 0 Å². The molecule has 0 saturated carbocycles. The second kappa shape index (κ2) is 14.7. The highest BCUT2D eigenvalue weighted by Crippen LogP contribution is 2.39. The molecule has 5 nitrogen and oxygen atoms in total. The molecule has 0 radical (unpaired) electrons. The van der Waals surface area contributed by atoms with Crippen LogP contribution in [0.25, 0.3) is 0 Å². The maximum Gasteiger partial charge on any atom is 0.258 e. The normalized spacial score (nSPS) is 14.4. The van der Waals surface area contributed by atoms with Gasteiger partial charge in [-0.1, -0.05) is 58.6 Å². The van der Waals surface area contributed by atoms with Crippen LogP contribution in [-0.2, 0) is 4.43 Å². The zero-order chi connectivity index (χ0) is 27.6. The van der Waals surface area contributed by atoms with E-state index in [4.69, 9.17) is 9.16 Å². The number of carbonyl (C=O) groups is 1. The second-order valence-corrected chi connectivity index (χ2v) is 15.2. The molecule has 1 rings (SSSR count). The van der Waals surface area contributed by atoms with Crippen molar-refractivity contribution in [3.05, 3.63) is 54.1 Å². The highest BCUT2D eigenvalue weighted by molar-refractivity contribution is 6.73. The van der Waals surface area contributed by atoms with Crippen molar-refractivity contribution in [1.82, 2.24) is 4.90 Å². The molecule has 36 heavy (non-hydrogen) atoms. The molecular weight excluding hydrogens is 466 g/mol. The summed E-state index contributed by atoms with van der Waals surface area (Å²) in [5.74, 6) is 0.391. The van der Waals surface area contributed by atoms with E-state index in [-0.39, 0.29) is 30.5 Å². The van der Waals surface area contributed by atoms with E-state index in [0.717, 1.165) is 23.7 Å². The van der Waals surface area contributed by atoms with Gasteiger partial charge >= 0.3 is 0 Å². The Morgan fingerprint density at radius 2 is 1.58 bits per heavy atom. The summed E-state index contributed by atoms with van der Waals surface area (Å²) in [5.41, 5.74) is 1.82. The molecule has 0 aromatic heterocycles. The summed E-state index contributed by atoms with van der Waals surface area (Å²) in [7, 11) is -2.05. The van der Waals surface area contributed by atoms with Crippen molar-refractivity contribution in [1.29, 1.82) is 0 Å². The first-order chi connectivity index (χ1) is 16.9. The summed E-state index contributed by atoms with van der Waals surface area (Å²) in [6.45, 7) is 26.6. The van der Waals surface area contributed by atoms with Gasteiger partial charge in [-0.15, -0.1) is 6.58 Å². The number of allylic oxidation sites excluding steroid dienone is 1. The smallest absolute Gasteiger partial charge is 0.258 e. The average Bonchev–Trinajstić information content (AvgIpc) is 2.83. The number of aryl methyl sites for hydroxylation is 1. The molecular formula is C30H51NO4Si. The lowest BCUT2D eigenvalue weighted by Crippen LogP contribution is -2.45. The van der Waals surface area contributed by atoms with Gasteiger partial charge in [0.05, 0.1) is 11.7 Å². The Labute approximate surface area is 221 Å². The molecule has 0 bridgehead atoms. The third-order valence-corrected chi connectivity index (χ3v) is 12.0. The lowest BCUT2D eigenvalue weighted by Gasteiger charge is -2.39. The third kappa shape index (κ3) is 7.56. The van der Waals surface area contributed by atoms with Crippen molar-refractivity contribution >= 4 is 14.2 Å². The van der Waals surface area contributed by atoms with Gasteiger partial charge in [-0.05, 0) is 76.2 Å². The zero-order valence-electron chi connectivity index (χ0n) is 24.3. The maximum absolute atomic E-state index is 14.1. The van der Waals surface area contributed by atoms with Crippen LogP contribution in [0.3, 0.4) is 0 Å². The minimum absolute atomic E-state index is 0.0117. The molecule has 6 heteroatoms. The summed E-state index contributed by atoms with van der Waals surface area (Å²) < 4.78 is 13.0. The van der Waals surface area contributed by atoms with E-state index >= 15 is 0 Å². The van der Waals surface area contributed by atoms with E-state index in [1.807, 2.05) is 57.7 Å². The van der Waals surface area contributed by atoms with E-state index in [1.165, 1.54) is 0 Å². The molecule has 1 amide bonds. The van der Waals surface area contributed by atoms with E-state index in [1.54, 1.807) is 6.08 Å². The van der Waals surface area contributed by atoms with Gasteiger partial charge in [0.15, 0.2) is 8.32 Å². The van der Waals surface area contributed by atoms with Crippen LogP contribution in [0, 0.1) is 12.8 Å². The van der Waals surface area contributed by atoms with Crippen LogP contribution < -0.4 is 4.74 Å². The molecule has 0 unspecified atom stereocenters. The molecule has 1 aromatic carbocycles. The van der Waals surface area contributed by atoms with Crippen molar-refractivity contribution in [2.24, 2.45) is 5.92 Å². The number of aliphatic hydroxyl groups excluding tert-OH is 1. The van der Waals surface area contributed by atoms with Crippen LogP contribution in [-0.4, -0.2) is 49.0 Å². The van der Waals surface area contributed by atoms with Crippen LogP contribution in [0.1, 0.15) is 89.4 Å². The van der Waals surface area contributed by atoms with Crippen molar-refractivity contribution in [3.8, 4) is 5.75 Å². The van der Waals surface area contributed by atoms with Gasteiger partial charge in [-0.3, -0.25) is 4.79 Å². The quantitative estimate of drug-likeness (QED) is 0.183. The molecule has 204 valence electrons. The van der Waals surface area contributed by atoms with Crippen molar-refractivity contribution in [3.63, 3.8) is 0 Å². The SMILES string of the molecule is C=CCOc1c(C)ccc([C@H](O)[C@H](O[Si](CC)(CC)CC)[C@H](C)CC=C)c1C(=O)N(C(C)C)C(C)C. The molecule has 0 aliphatic carbocycles. The summed E-state index contributed by atoms with van der Waals surface area (Å²) in [5, 5.41) is 12.0. The molecule has 1 N–H and O–H groups in total. The Bertz CT molecular complexity index is 846. The fraction of sp³-hybridized carbons (Fsp3) is 0.633. The van der Waals surface area contributed by atoms with Gasteiger partial charge in [0.1, 0.15) is 18.5 Å². The lowest BCUT2D eigenvalue weighted by atomic mass is 9.88. The molecule has 1 aromatic rings. The molecule has 0 aliphatic heterocycles. The number of aliphatic hydroxyl groups is 1. The van der Waals surface area contributed by atoms with Crippen LogP contribution in [0.15, 0.2) is 37.4 Å². The molecule has 0 aliphatic rings. The van der Waals surface area contributed by atoms with Gasteiger partial charge in [0.25, 0.3) is 5.91 Å². The topological polar surface area (TPSA) is 59.0 Å². The second-order valence-electron chi connectivity index (χ2n) is 10.4. The van der Waals surface area contributed by atoms with Gasteiger partial charge < -0.3 is 19.2 Å². The number of nitrogens with zero attached hydrogens (tertiary/aromatic N) is 1. The minimum Gasteiger partial charge on any atom is -0.488 e. The first-order valence-electron chi connectivity index (χ1n) is 13.6. The Morgan fingerprint density at radius 3 is 2.03 bits per heavy atom. The van der Waals surface area contributed by atoms with Crippen molar-refractivity contribution in [2.45, 2.75) is 111 Å². The summed E-state index contributed by atoms with van der Waals surface area (Å²) in [6, 6.07) is 6.70. The Kier molecular flexibility index (Phi) is 13.2. The largest absolute Gasteiger partial charge is 0.488 e. The van der Waals surface area contributed by atoms with Gasteiger partial charge in [0, 0.05) is 12.1 Å². The third-order valence-electron chi connectivity index (χ3n) is 7.34. The number of hydrogen-bond donors (Lipinski definition) is 1. The highest BCUT2D eigenvalue weighted by atomic mass is 28.4. The highest BCUT2D eigenvalue weighted by Gasteiger charge is 2.39. The molecule has 0 fully saturated rings. The van der Waals surface area contributed by atoms with Crippen LogP contribution in [0.2, 0.25) is 18.1 Å². The number of amides is 1. The summed E-state index contributed by atoms with van der Waals surface area (Å²) in [4.78, 5) is 16.0. The van der Waals surface area contributed by atoms with Crippen LogP contribution >= 0.6 is 0 Å². The van der Waals surface area contributed by atoms with E-state index in [0.29, 0.717) is 23.3 Å².